The van der Waals surface area contributed by atoms with Crippen LogP contribution in [0.3, 0.4) is 0 Å². The summed E-state index contributed by atoms with van der Waals surface area (Å²) in [5.41, 5.74) is 1.71. The summed E-state index contributed by atoms with van der Waals surface area (Å²) < 4.78 is 0. The molecule has 0 heterocycles. The molecule has 0 bridgehead atoms. The fourth-order valence-electron chi connectivity index (χ4n) is 1.01. The van der Waals surface area contributed by atoms with Crippen LogP contribution in [0.2, 0.25) is 25.1 Å². The van der Waals surface area contributed by atoms with Gasteiger partial charge in [0, 0.05) is 0 Å². The van der Waals surface area contributed by atoms with Crippen LogP contribution >= 0.6 is 58.0 Å². The number of halogens is 5. The maximum Gasteiger partial charge on any atom is 0.338 e. The van der Waals surface area contributed by atoms with Crippen molar-refractivity contribution < 1.29 is 29.8 Å². The van der Waals surface area contributed by atoms with E-state index in [4.69, 9.17) is 73.3 Å². The standard InChI is InChI=1S/C7HCl5O2.C4H11NO4/c8-2-1(7(13)14)3(9)5(11)6(12)4(2)10;6-1-3-8-5-9-4-2-7/h(H,13,14);5-7H,1-4H2. The van der Waals surface area contributed by atoms with Crippen LogP contribution in [0.5, 0.6) is 0 Å². The third-order valence-corrected chi connectivity index (χ3v) is 4.20. The number of nitrogens with one attached hydrogen (secondary N) is 1. The van der Waals surface area contributed by atoms with Crippen molar-refractivity contribution in [1.82, 2.24) is 5.64 Å². The highest BCUT2D eigenvalue weighted by Crippen LogP contribution is 2.43. The van der Waals surface area contributed by atoms with Crippen LogP contribution in [-0.2, 0) is 9.68 Å². The van der Waals surface area contributed by atoms with E-state index < -0.39 is 5.97 Å². The van der Waals surface area contributed by atoms with Gasteiger partial charge in [-0.15, -0.1) is 0 Å². The van der Waals surface area contributed by atoms with E-state index in [-0.39, 0.29) is 57.1 Å². The Morgan fingerprint density at radius 3 is 1.48 bits per heavy atom. The van der Waals surface area contributed by atoms with Crippen LogP contribution in [0.15, 0.2) is 0 Å². The Morgan fingerprint density at radius 1 is 0.826 bits per heavy atom. The minimum absolute atomic E-state index is 0.0600. The zero-order valence-electron chi connectivity index (χ0n) is 11.3. The summed E-state index contributed by atoms with van der Waals surface area (Å²) in [6.07, 6.45) is 0. The number of aromatic carboxylic acids is 1. The number of carbonyl (C=O) groups is 1. The molecule has 132 valence electrons. The molecule has 12 heteroatoms. The summed E-state index contributed by atoms with van der Waals surface area (Å²) in [6.45, 7) is 0.224. The van der Waals surface area contributed by atoms with Crippen LogP contribution < -0.4 is 5.64 Å². The molecule has 0 aromatic heterocycles. The number of aliphatic hydroxyl groups excluding tert-OH is 2. The Balaban J connectivity index is 0.000000468. The largest absolute Gasteiger partial charge is 0.478 e. The molecule has 0 spiro atoms. The topological polar surface area (TPSA) is 108 Å². The van der Waals surface area contributed by atoms with Crippen molar-refractivity contribution in [3.8, 4) is 0 Å². The highest BCUT2D eigenvalue weighted by Gasteiger charge is 2.23. The fraction of sp³-hybridized carbons (Fsp3) is 0.364. The van der Waals surface area contributed by atoms with Crippen molar-refractivity contribution in [2.75, 3.05) is 26.4 Å². The van der Waals surface area contributed by atoms with Gasteiger partial charge in [0.2, 0.25) is 0 Å². The number of hydrogen-bond acceptors (Lipinski definition) is 6. The zero-order chi connectivity index (χ0) is 18.0. The molecule has 0 aliphatic carbocycles. The Morgan fingerprint density at radius 2 is 1.17 bits per heavy atom. The summed E-state index contributed by atoms with van der Waals surface area (Å²) in [7, 11) is 0. The normalized spacial score (nSPS) is 10.2. The average Bonchev–Trinajstić information content (AvgIpc) is 2.51. The first-order chi connectivity index (χ1) is 10.8. The first-order valence-electron chi connectivity index (χ1n) is 5.74. The van der Waals surface area contributed by atoms with Gasteiger partial charge < -0.3 is 15.3 Å². The molecule has 0 saturated heterocycles. The van der Waals surface area contributed by atoms with E-state index in [1.807, 2.05) is 0 Å². The third kappa shape index (κ3) is 7.57. The lowest BCUT2D eigenvalue weighted by Crippen LogP contribution is -2.19. The van der Waals surface area contributed by atoms with E-state index in [2.05, 4.69) is 15.3 Å². The number of rotatable bonds is 7. The molecule has 4 N–H and O–H groups in total. The smallest absolute Gasteiger partial charge is 0.338 e. The predicted molar refractivity (Wildman–Crippen MR) is 87.7 cm³/mol. The molecule has 0 unspecified atom stereocenters. The second-order valence-corrected chi connectivity index (χ2v) is 5.37. The van der Waals surface area contributed by atoms with Crippen LogP contribution in [-0.4, -0.2) is 47.7 Å². The molecule has 0 atom stereocenters. The highest BCUT2D eigenvalue weighted by molar-refractivity contribution is 6.56. The molecular weight excluding hydrogens is 419 g/mol. The Labute approximate surface area is 156 Å². The molecule has 0 fully saturated rings. The summed E-state index contributed by atoms with van der Waals surface area (Å²) in [5, 5.41) is 24.3. The summed E-state index contributed by atoms with van der Waals surface area (Å²) >= 11 is 28.2. The minimum atomic E-state index is -1.32. The van der Waals surface area contributed by atoms with Crippen LogP contribution in [0.25, 0.3) is 0 Å². The number of aliphatic hydroxyl groups is 2. The van der Waals surface area contributed by atoms with Gasteiger partial charge in [-0.2, -0.15) is 0 Å². The van der Waals surface area contributed by atoms with Crippen molar-refractivity contribution in [3.05, 3.63) is 30.7 Å². The predicted octanol–water partition coefficient (Wildman–Crippen LogP) is 3.08. The zero-order valence-corrected chi connectivity index (χ0v) is 15.1. The van der Waals surface area contributed by atoms with Gasteiger partial charge in [-0.25, -0.2) is 4.79 Å². The van der Waals surface area contributed by atoms with Crippen molar-refractivity contribution >= 4 is 64.0 Å². The number of hydrogen-bond donors (Lipinski definition) is 4. The molecule has 0 aliphatic heterocycles. The van der Waals surface area contributed by atoms with Gasteiger partial charge in [0.1, 0.15) is 0 Å². The molecule has 1 aromatic carbocycles. The molecule has 1 aromatic rings. The number of carboxylic acids is 1. The van der Waals surface area contributed by atoms with Gasteiger partial charge in [0.15, 0.2) is 0 Å². The number of carboxylic acid groups (broad SMARTS) is 1. The SMILES string of the molecule is O=C(O)c1c(Cl)c(Cl)c(Cl)c(Cl)c1Cl.OCCONOCCO. The maximum absolute atomic E-state index is 10.7. The van der Waals surface area contributed by atoms with Crippen LogP contribution in [0, 0.1) is 0 Å². The maximum atomic E-state index is 10.7. The average molecular weight is 431 g/mol. The molecule has 0 radical (unpaired) electrons. The van der Waals surface area contributed by atoms with Crippen molar-refractivity contribution in [2.45, 2.75) is 0 Å². The fourth-order valence-corrected chi connectivity index (χ4v) is 2.31. The highest BCUT2D eigenvalue weighted by atomic mass is 35.5. The van der Waals surface area contributed by atoms with Gasteiger partial charge in [-0.3, -0.25) is 9.68 Å². The van der Waals surface area contributed by atoms with Crippen LogP contribution in [0.4, 0.5) is 0 Å². The summed E-state index contributed by atoms with van der Waals surface area (Å²) in [5.74, 6) is -1.32. The van der Waals surface area contributed by atoms with Gasteiger partial charge >= 0.3 is 5.97 Å². The molecule has 1 rings (SSSR count). The summed E-state index contributed by atoms with van der Waals surface area (Å²) in [6, 6.07) is 0. The molecule has 7 nitrogen and oxygen atoms in total. The summed E-state index contributed by atoms with van der Waals surface area (Å²) in [4.78, 5) is 19.6. The lowest BCUT2D eigenvalue weighted by Gasteiger charge is -2.08. The first kappa shape index (κ1) is 22.9. The van der Waals surface area contributed by atoms with Crippen molar-refractivity contribution in [3.63, 3.8) is 0 Å². The molecular formula is C11H12Cl5NO6. The molecule has 23 heavy (non-hydrogen) atoms. The Hall–Kier alpha value is -0.0600. The van der Waals surface area contributed by atoms with E-state index in [9.17, 15) is 4.79 Å². The van der Waals surface area contributed by atoms with E-state index >= 15 is 0 Å². The Bertz CT molecular complexity index is 495. The lowest BCUT2D eigenvalue weighted by atomic mass is 10.2. The van der Waals surface area contributed by atoms with Gasteiger partial charge in [0.25, 0.3) is 0 Å². The monoisotopic (exact) mass is 429 g/mol. The number of benzene rings is 1. The Kier molecular flexibility index (Phi) is 12.3. The quantitative estimate of drug-likeness (QED) is 0.227. The first-order valence-corrected chi connectivity index (χ1v) is 7.63. The van der Waals surface area contributed by atoms with Crippen molar-refractivity contribution in [1.29, 1.82) is 0 Å². The molecule has 0 saturated carbocycles. The van der Waals surface area contributed by atoms with E-state index in [1.54, 1.807) is 0 Å². The van der Waals surface area contributed by atoms with E-state index in [0.717, 1.165) is 0 Å². The molecule has 0 aliphatic rings. The van der Waals surface area contributed by atoms with Gasteiger partial charge in [-0.1, -0.05) is 63.6 Å². The molecule has 0 amide bonds. The second-order valence-electron chi connectivity index (χ2n) is 3.48. The third-order valence-electron chi connectivity index (χ3n) is 1.93. The van der Waals surface area contributed by atoms with E-state index in [1.165, 1.54) is 0 Å². The van der Waals surface area contributed by atoms with Gasteiger partial charge in [-0.05, 0) is 0 Å². The van der Waals surface area contributed by atoms with E-state index in [0.29, 0.717) is 0 Å². The van der Waals surface area contributed by atoms with Crippen molar-refractivity contribution in [2.24, 2.45) is 0 Å². The van der Waals surface area contributed by atoms with Crippen LogP contribution in [0.1, 0.15) is 10.4 Å². The second kappa shape index (κ2) is 12.3. The minimum Gasteiger partial charge on any atom is -0.478 e. The lowest BCUT2D eigenvalue weighted by molar-refractivity contribution is -0.178. The van der Waals surface area contributed by atoms with Gasteiger partial charge in [0.05, 0.1) is 57.1 Å².